The van der Waals surface area contributed by atoms with Crippen molar-refractivity contribution in [1.29, 1.82) is 0 Å². The van der Waals surface area contributed by atoms with Gasteiger partial charge in [0.25, 0.3) is 0 Å². The van der Waals surface area contributed by atoms with Crippen LogP contribution >= 0.6 is 11.8 Å². The number of amides is 1. The van der Waals surface area contributed by atoms with Crippen molar-refractivity contribution in [3.05, 3.63) is 35.5 Å². The third-order valence-corrected chi connectivity index (χ3v) is 5.78. The molecule has 3 aromatic rings. The molecule has 1 amide bonds. The molecule has 0 atom stereocenters. The Labute approximate surface area is 181 Å². The number of ether oxygens (including phenoxy) is 1. The van der Waals surface area contributed by atoms with Crippen molar-refractivity contribution in [2.24, 2.45) is 0 Å². The monoisotopic (exact) mass is 428 g/mol. The van der Waals surface area contributed by atoms with Crippen molar-refractivity contribution in [2.75, 3.05) is 17.7 Å². The molecule has 0 spiro atoms. The lowest BCUT2D eigenvalue weighted by atomic mass is 10.1. The van der Waals surface area contributed by atoms with Gasteiger partial charge in [-0.3, -0.25) is 9.48 Å². The quantitative estimate of drug-likeness (QED) is 0.520. The Morgan fingerprint density at radius 1 is 1.17 bits per heavy atom. The molecule has 0 aliphatic carbocycles. The molecular formula is C21H28N6O2S. The van der Waals surface area contributed by atoms with E-state index in [9.17, 15) is 4.79 Å². The molecule has 9 heteroatoms. The van der Waals surface area contributed by atoms with E-state index in [2.05, 4.69) is 20.6 Å². The van der Waals surface area contributed by atoms with E-state index in [1.165, 1.54) is 11.8 Å². The number of thioether (sulfide) groups is 1. The van der Waals surface area contributed by atoms with Gasteiger partial charge < -0.3 is 14.6 Å². The van der Waals surface area contributed by atoms with E-state index >= 15 is 0 Å². The summed E-state index contributed by atoms with van der Waals surface area (Å²) in [6.45, 7) is 11.9. The van der Waals surface area contributed by atoms with Gasteiger partial charge in [-0.25, -0.2) is 0 Å². The Bertz CT molecular complexity index is 1030. The molecule has 0 aliphatic heterocycles. The fourth-order valence-electron chi connectivity index (χ4n) is 3.05. The molecule has 0 radical (unpaired) electrons. The van der Waals surface area contributed by atoms with Gasteiger partial charge in [0, 0.05) is 25.0 Å². The van der Waals surface area contributed by atoms with Gasteiger partial charge in [0.2, 0.25) is 11.8 Å². The standard InChI is InChI=1S/C21H28N6O2S/c1-6-26-12-16(20(25-26)29-8-3)19-23-24-21(27(19)7-2)30-13-18(28)22-17-11-9-10-14(4)15(17)5/h9-12H,6-8,13H2,1-5H3,(H,22,28). The number of rotatable bonds is 9. The van der Waals surface area contributed by atoms with Crippen LogP contribution in [0.5, 0.6) is 5.88 Å². The molecule has 2 heterocycles. The molecule has 3 rings (SSSR count). The van der Waals surface area contributed by atoms with Crippen molar-refractivity contribution in [3.63, 3.8) is 0 Å². The van der Waals surface area contributed by atoms with E-state index in [0.717, 1.165) is 28.9 Å². The molecule has 2 aromatic heterocycles. The van der Waals surface area contributed by atoms with Gasteiger partial charge in [0.15, 0.2) is 11.0 Å². The zero-order chi connectivity index (χ0) is 21.7. The predicted octanol–water partition coefficient (Wildman–Crippen LogP) is 3.93. The number of nitrogens with zero attached hydrogens (tertiary/aromatic N) is 5. The Balaban J connectivity index is 1.76. The summed E-state index contributed by atoms with van der Waals surface area (Å²) in [6, 6.07) is 5.89. The fourth-order valence-corrected chi connectivity index (χ4v) is 3.85. The topological polar surface area (TPSA) is 86.9 Å². The van der Waals surface area contributed by atoms with E-state index in [1.807, 2.05) is 68.3 Å². The van der Waals surface area contributed by atoms with Crippen LogP contribution in [0.4, 0.5) is 5.69 Å². The molecule has 0 saturated carbocycles. The third kappa shape index (κ3) is 4.67. The molecule has 30 heavy (non-hydrogen) atoms. The molecule has 0 aliphatic rings. The van der Waals surface area contributed by atoms with Gasteiger partial charge >= 0.3 is 0 Å². The first kappa shape index (κ1) is 21.9. The van der Waals surface area contributed by atoms with Crippen LogP contribution in [0.15, 0.2) is 29.6 Å². The predicted molar refractivity (Wildman–Crippen MR) is 119 cm³/mol. The van der Waals surface area contributed by atoms with E-state index < -0.39 is 0 Å². The van der Waals surface area contributed by atoms with Crippen molar-refractivity contribution in [2.45, 2.75) is 52.9 Å². The summed E-state index contributed by atoms with van der Waals surface area (Å²) in [6.07, 6.45) is 1.92. The highest BCUT2D eigenvalue weighted by Crippen LogP contribution is 2.30. The minimum Gasteiger partial charge on any atom is -0.476 e. The number of hydrogen-bond donors (Lipinski definition) is 1. The summed E-state index contributed by atoms with van der Waals surface area (Å²) in [5.41, 5.74) is 3.87. The maximum absolute atomic E-state index is 12.5. The van der Waals surface area contributed by atoms with Crippen LogP contribution in [0, 0.1) is 13.8 Å². The van der Waals surface area contributed by atoms with Gasteiger partial charge in [0.1, 0.15) is 5.56 Å². The van der Waals surface area contributed by atoms with Crippen LogP contribution in [-0.2, 0) is 17.9 Å². The summed E-state index contributed by atoms with van der Waals surface area (Å²) in [4.78, 5) is 12.5. The van der Waals surface area contributed by atoms with Gasteiger partial charge in [-0.15, -0.1) is 15.3 Å². The molecule has 8 nitrogen and oxygen atoms in total. The van der Waals surface area contributed by atoms with Crippen LogP contribution in [-0.4, -0.2) is 42.8 Å². The average Bonchev–Trinajstić information content (AvgIpc) is 3.33. The van der Waals surface area contributed by atoms with Crippen molar-refractivity contribution in [3.8, 4) is 17.3 Å². The largest absolute Gasteiger partial charge is 0.476 e. The molecule has 0 fully saturated rings. The second-order valence-electron chi connectivity index (χ2n) is 6.77. The van der Waals surface area contributed by atoms with Crippen LogP contribution in [0.2, 0.25) is 0 Å². The fraction of sp³-hybridized carbons (Fsp3) is 0.429. The van der Waals surface area contributed by atoms with Crippen LogP contribution < -0.4 is 10.1 Å². The highest BCUT2D eigenvalue weighted by Gasteiger charge is 2.21. The summed E-state index contributed by atoms with van der Waals surface area (Å²) in [5.74, 6) is 1.41. The number of hydrogen-bond acceptors (Lipinski definition) is 6. The molecule has 0 unspecified atom stereocenters. The van der Waals surface area contributed by atoms with Crippen molar-refractivity contribution < 1.29 is 9.53 Å². The highest BCUT2D eigenvalue weighted by atomic mass is 32.2. The molecule has 0 saturated heterocycles. The van der Waals surface area contributed by atoms with Gasteiger partial charge in [0.05, 0.1) is 12.4 Å². The lowest BCUT2D eigenvalue weighted by molar-refractivity contribution is -0.113. The van der Waals surface area contributed by atoms with Gasteiger partial charge in [-0.2, -0.15) is 0 Å². The van der Waals surface area contributed by atoms with E-state index in [1.54, 1.807) is 0 Å². The molecule has 0 bridgehead atoms. The van der Waals surface area contributed by atoms with Crippen LogP contribution in [0.1, 0.15) is 31.9 Å². The number of benzene rings is 1. The second kappa shape index (κ2) is 9.80. The number of nitrogens with one attached hydrogen (secondary N) is 1. The maximum atomic E-state index is 12.5. The lowest BCUT2D eigenvalue weighted by Gasteiger charge is -2.10. The Kier molecular flexibility index (Phi) is 7.15. The number of anilines is 1. The van der Waals surface area contributed by atoms with E-state index in [4.69, 9.17) is 4.74 Å². The minimum absolute atomic E-state index is 0.0743. The summed E-state index contributed by atoms with van der Waals surface area (Å²) >= 11 is 1.37. The van der Waals surface area contributed by atoms with Crippen LogP contribution in [0.25, 0.3) is 11.4 Å². The number of aryl methyl sites for hydroxylation is 2. The van der Waals surface area contributed by atoms with Gasteiger partial charge in [-0.1, -0.05) is 23.9 Å². The smallest absolute Gasteiger partial charge is 0.243 e. The Hall–Kier alpha value is -2.81. The average molecular weight is 429 g/mol. The van der Waals surface area contributed by atoms with Crippen molar-refractivity contribution >= 4 is 23.4 Å². The first-order valence-electron chi connectivity index (χ1n) is 10.1. The first-order valence-corrected chi connectivity index (χ1v) is 11.1. The number of carbonyl (C=O) groups excluding carboxylic acids is 1. The minimum atomic E-state index is -0.0743. The van der Waals surface area contributed by atoms with Crippen molar-refractivity contribution in [1.82, 2.24) is 24.5 Å². The highest BCUT2D eigenvalue weighted by molar-refractivity contribution is 7.99. The zero-order valence-corrected chi connectivity index (χ0v) is 18.9. The third-order valence-electron chi connectivity index (χ3n) is 4.82. The molecule has 160 valence electrons. The molecule has 1 N–H and O–H groups in total. The number of aromatic nitrogens is 5. The van der Waals surface area contributed by atoms with Gasteiger partial charge in [-0.05, 0) is 51.8 Å². The molecule has 1 aromatic carbocycles. The zero-order valence-electron chi connectivity index (χ0n) is 18.1. The lowest BCUT2D eigenvalue weighted by Crippen LogP contribution is -2.15. The Morgan fingerprint density at radius 2 is 1.97 bits per heavy atom. The second-order valence-corrected chi connectivity index (χ2v) is 7.71. The normalized spacial score (nSPS) is 11.0. The number of carbonyl (C=O) groups is 1. The SMILES string of the molecule is CCOc1nn(CC)cc1-c1nnc(SCC(=O)Nc2cccc(C)c2C)n1CC. The summed E-state index contributed by atoms with van der Waals surface area (Å²) in [7, 11) is 0. The van der Waals surface area contributed by atoms with Crippen LogP contribution in [0.3, 0.4) is 0 Å². The first-order chi connectivity index (χ1) is 14.5. The Morgan fingerprint density at radius 3 is 2.67 bits per heavy atom. The van der Waals surface area contributed by atoms with E-state index in [0.29, 0.717) is 30.0 Å². The summed E-state index contributed by atoms with van der Waals surface area (Å²) in [5, 5.41) is 16.8. The summed E-state index contributed by atoms with van der Waals surface area (Å²) < 4.78 is 9.48. The maximum Gasteiger partial charge on any atom is 0.243 e. The molecular weight excluding hydrogens is 400 g/mol. The van der Waals surface area contributed by atoms with E-state index in [-0.39, 0.29) is 11.7 Å².